The molecule has 6 heteroatoms. The maximum Gasteiger partial charge on any atom is 0.306 e. The van der Waals surface area contributed by atoms with Gasteiger partial charge in [-0.2, -0.15) is 0 Å². The van der Waals surface area contributed by atoms with Gasteiger partial charge >= 0.3 is 5.97 Å². The van der Waals surface area contributed by atoms with Crippen molar-refractivity contribution in [3.63, 3.8) is 0 Å². The highest BCUT2D eigenvalue weighted by atomic mass is 16.5. The van der Waals surface area contributed by atoms with E-state index in [1.807, 2.05) is 0 Å². The molecule has 3 unspecified atom stereocenters. The van der Waals surface area contributed by atoms with Gasteiger partial charge in [0.1, 0.15) is 6.10 Å². The fourth-order valence-electron chi connectivity index (χ4n) is 6.80. The zero-order valence-electron chi connectivity index (χ0n) is 37.2. The van der Waals surface area contributed by atoms with Crippen LogP contribution in [0.15, 0.2) is 72.9 Å². The van der Waals surface area contributed by atoms with Crippen LogP contribution in [0.2, 0.25) is 0 Å². The molecule has 0 saturated heterocycles. The quantitative estimate of drug-likeness (QED) is 0.0248. The fourth-order valence-corrected chi connectivity index (χ4v) is 6.80. The Labute approximate surface area is 351 Å². The van der Waals surface area contributed by atoms with E-state index in [0.717, 1.165) is 89.9 Å². The number of carbonyl (C=O) groups is 2. The summed E-state index contributed by atoms with van der Waals surface area (Å²) in [5.74, 6) is -0.532. The third-order valence-electron chi connectivity index (χ3n) is 10.3. The van der Waals surface area contributed by atoms with Crippen molar-refractivity contribution in [2.75, 3.05) is 6.61 Å². The molecule has 0 aliphatic rings. The average molecular weight is 796 g/mol. The molecule has 1 amide bonds. The number of hydrogen-bond acceptors (Lipinski definition) is 5. The van der Waals surface area contributed by atoms with Gasteiger partial charge in [-0.05, 0) is 77.0 Å². The molecule has 0 rings (SSSR count). The third-order valence-corrected chi connectivity index (χ3v) is 10.3. The number of unbranched alkanes of at least 4 members (excludes halogenated alkanes) is 19. The normalized spacial score (nSPS) is 14.0. The number of carbonyl (C=O) groups excluding carboxylic acids is 2. The first-order valence-corrected chi connectivity index (χ1v) is 23.7. The van der Waals surface area contributed by atoms with Crippen LogP contribution in [0.4, 0.5) is 0 Å². The van der Waals surface area contributed by atoms with Crippen molar-refractivity contribution >= 4 is 11.9 Å². The van der Waals surface area contributed by atoms with Crippen molar-refractivity contribution in [2.45, 2.75) is 232 Å². The lowest BCUT2D eigenvalue weighted by atomic mass is 10.0. The van der Waals surface area contributed by atoms with Gasteiger partial charge in [0, 0.05) is 6.42 Å². The van der Waals surface area contributed by atoms with E-state index in [-0.39, 0.29) is 24.9 Å². The van der Waals surface area contributed by atoms with Gasteiger partial charge in [0.25, 0.3) is 0 Å². The van der Waals surface area contributed by atoms with Crippen LogP contribution in [0.3, 0.4) is 0 Å². The average Bonchev–Trinajstić information content (AvgIpc) is 3.20. The summed E-state index contributed by atoms with van der Waals surface area (Å²) in [6.07, 6.45) is 55.3. The Balaban J connectivity index is 4.66. The second kappa shape index (κ2) is 44.4. The molecule has 57 heavy (non-hydrogen) atoms. The fraction of sp³-hybridized carbons (Fsp3) is 0.725. The second-order valence-corrected chi connectivity index (χ2v) is 15.8. The standard InChI is InChI=1S/C51H89NO5/c1-4-7-10-13-16-19-22-24-25-26-29-32-35-38-41-44-51(56)57-47(42-39-36-33-30-28-23-20-17-14-11-8-5-2)45-50(55)52-48(46-53)49(54)43-40-37-34-31-27-21-18-15-12-9-6-3/h7-8,10-11,13,16-17,19-20,22,28,30,47-49,53-54H,4-6,9,12,14-15,18,21,23-27,29,31-46H2,1-3H3,(H,52,55)/b10-7+,11-8+,16-13+,20-17+,22-19+,30-28+. The van der Waals surface area contributed by atoms with Crippen LogP contribution in [-0.4, -0.2) is 46.9 Å². The van der Waals surface area contributed by atoms with E-state index in [9.17, 15) is 19.8 Å². The van der Waals surface area contributed by atoms with E-state index in [4.69, 9.17) is 4.74 Å². The summed E-state index contributed by atoms with van der Waals surface area (Å²) in [6.45, 7) is 6.20. The van der Waals surface area contributed by atoms with Crippen molar-refractivity contribution in [3.8, 4) is 0 Å². The highest BCUT2D eigenvalue weighted by molar-refractivity contribution is 5.77. The van der Waals surface area contributed by atoms with E-state index in [1.165, 1.54) is 77.0 Å². The predicted octanol–water partition coefficient (Wildman–Crippen LogP) is 13.8. The third kappa shape index (κ3) is 39.9. The monoisotopic (exact) mass is 796 g/mol. The molecule has 0 aliphatic heterocycles. The SMILES string of the molecule is CC/C=C/C=C/C=C/CCCCCCCCCC(=O)OC(CCCC/C=C/C/C=C/C/C=C/CC)CC(=O)NC(CO)C(O)CCCCCCCCCCCCC. The number of amides is 1. The van der Waals surface area contributed by atoms with Crippen LogP contribution in [0.5, 0.6) is 0 Å². The molecule has 0 radical (unpaired) electrons. The van der Waals surface area contributed by atoms with Gasteiger partial charge in [-0.1, -0.05) is 196 Å². The molecular formula is C51H89NO5. The first-order chi connectivity index (χ1) is 28.0. The first-order valence-electron chi connectivity index (χ1n) is 23.7. The number of esters is 1. The van der Waals surface area contributed by atoms with E-state index in [0.29, 0.717) is 19.3 Å². The van der Waals surface area contributed by atoms with Gasteiger partial charge < -0.3 is 20.3 Å². The highest BCUT2D eigenvalue weighted by Gasteiger charge is 2.24. The summed E-state index contributed by atoms with van der Waals surface area (Å²) in [4.78, 5) is 26.0. The smallest absolute Gasteiger partial charge is 0.306 e. The summed E-state index contributed by atoms with van der Waals surface area (Å²) in [5.41, 5.74) is 0. The van der Waals surface area contributed by atoms with Crippen LogP contribution >= 0.6 is 0 Å². The lowest BCUT2D eigenvalue weighted by Crippen LogP contribution is -2.46. The highest BCUT2D eigenvalue weighted by Crippen LogP contribution is 2.17. The number of nitrogens with one attached hydrogen (secondary N) is 1. The zero-order chi connectivity index (χ0) is 41.7. The number of hydrogen-bond donors (Lipinski definition) is 3. The predicted molar refractivity (Wildman–Crippen MR) is 245 cm³/mol. The van der Waals surface area contributed by atoms with Crippen molar-refractivity contribution in [3.05, 3.63) is 72.9 Å². The molecule has 328 valence electrons. The van der Waals surface area contributed by atoms with Gasteiger partial charge in [-0.25, -0.2) is 0 Å². The Morgan fingerprint density at radius 1 is 0.544 bits per heavy atom. The number of rotatable bonds is 41. The summed E-state index contributed by atoms with van der Waals surface area (Å²) >= 11 is 0. The van der Waals surface area contributed by atoms with Gasteiger partial charge in [-0.3, -0.25) is 9.59 Å². The van der Waals surface area contributed by atoms with Crippen LogP contribution in [0.25, 0.3) is 0 Å². The van der Waals surface area contributed by atoms with Gasteiger partial charge in [-0.15, -0.1) is 0 Å². The molecule has 3 atom stereocenters. The Morgan fingerprint density at radius 2 is 1.04 bits per heavy atom. The van der Waals surface area contributed by atoms with Crippen LogP contribution in [0.1, 0.15) is 213 Å². The maximum atomic E-state index is 13.1. The summed E-state index contributed by atoms with van der Waals surface area (Å²) in [6, 6.07) is -0.717. The minimum atomic E-state index is -0.801. The molecule has 3 N–H and O–H groups in total. The summed E-state index contributed by atoms with van der Waals surface area (Å²) < 4.78 is 5.89. The van der Waals surface area contributed by atoms with Crippen molar-refractivity contribution in [1.82, 2.24) is 5.32 Å². The van der Waals surface area contributed by atoms with Crippen LogP contribution in [0, 0.1) is 0 Å². The van der Waals surface area contributed by atoms with Gasteiger partial charge in [0.05, 0.1) is 25.2 Å². The largest absolute Gasteiger partial charge is 0.462 e. The Kier molecular flexibility index (Phi) is 42.3. The number of ether oxygens (including phenoxy) is 1. The zero-order valence-corrected chi connectivity index (χ0v) is 37.2. The molecule has 0 spiro atoms. The maximum absolute atomic E-state index is 13.1. The van der Waals surface area contributed by atoms with E-state index >= 15 is 0 Å². The van der Waals surface area contributed by atoms with Crippen molar-refractivity contribution in [1.29, 1.82) is 0 Å². The topological polar surface area (TPSA) is 95.9 Å². The molecule has 0 aliphatic carbocycles. The van der Waals surface area contributed by atoms with Crippen molar-refractivity contribution in [2.24, 2.45) is 0 Å². The van der Waals surface area contributed by atoms with Crippen molar-refractivity contribution < 1.29 is 24.5 Å². The number of aliphatic hydroxyl groups excluding tert-OH is 2. The Hall–Kier alpha value is -2.70. The van der Waals surface area contributed by atoms with E-state index in [2.05, 4.69) is 99.0 Å². The number of aliphatic hydroxyl groups is 2. The molecule has 0 bridgehead atoms. The lowest BCUT2D eigenvalue weighted by molar-refractivity contribution is -0.151. The molecule has 0 fully saturated rings. The minimum Gasteiger partial charge on any atom is -0.462 e. The molecule has 0 heterocycles. The van der Waals surface area contributed by atoms with Gasteiger partial charge in [0.15, 0.2) is 0 Å². The molecular weight excluding hydrogens is 707 g/mol. The molecule has 0 saturated carbocycles. The lowest BCUT2D eigenvalue weighted by Gasteiger charge is -2.24. The van der Waals surface area contributed by atoms with Gasteiger partial charge in [0.2, 0.25) is 5.91 Å². The first kappa shape index (κ1) is 54.3. The summed E-state index contributed by atoms with van der Waals surface area (Å²) in [7, 11) is 0. The van der Waals surface area contributed by atoms with E-state index < -0.39 is 18.2 Å². The molecule has 0 aromatic rings. The second-order valence-electron chi connectivity index (χ2n) is 15.8. The van der Waals surface area contributed by atoms with Crippen LogP contribution in [-0.2, 0) is 14.3 Å². The Bertz CT molecular complexity index is 1070. The molecule has 0 aromatic carbocycles. The molecule has 6 nitrogen and oxygen atoms in total. The minimum absolute atomic E-state index is 0.0435. The summed E-state index contributed by atoms with van der Waals surface area (Å²) in [5, 5.41) is 23.6. The number of allylic oxidation sites excluding steroid dienone is 12. The molecule has 0 aromatic heterocycles. The van der Waals surface area contributed by atoms with Crippen LogP contribution < -0.4 is 5.32 Å². The van der Waals surface area contributed by atoms with E-state index in [1.54, 1.807) is 0 Å². The Morgan fingerprint density at radius 3 is 1.65 bits per heavy atom.